The first-order valence-electron chi connectivity index (χ1n) is 28.6. The number of aromatic amines is 2. The van der Waals surface area contributed by atoms with Crippen molar-refractivity contribution in [2.45, 2.75) is 160 Å². The van der Waals surface area contributed by atoms with E-state index in [1.54, 1.807) is 54.2 Å². The highest BCUT2D eigenvalue weighted by atomic mass is 35.5. The maximum Gasteiger partial charge on any atom is 0.204 e. The molecule has 0 aliphatic rings. The number of hydrogen-bond acceptors (Lipinski definition) is 13. The molecule has 2 aromatic heterocycles. The third-order valence-corrected chi connectivity index (χ3v) is 14.1. The van der Waals surface area contributed by atoms with Crippen molar-refractivity contribution in [3.05, 3.63) is 181 Å². The third-order valence-electron chi connectivity index (χ3n) is 13.8. The summed E-state index contributed by atoms with van der Waals surface area (Å²) in [5.74, 6) is 6.61. The molecule has 15 nitrogen and oxygen atoms in total. The molecule has 8 aromatic rings. The number of ketones is 4. The quantitative estimate of drug-likeness (QED) is 0.0918. The number of benzene rings is 6. The molecule has 2 heterocycles. The van der Waals surface area contributed by atoms with E-state index in [0.717, 1.165) is 50.4 Å². The highest BCUT2D eigenvalue weighted by Crippen LogP contribution is 2.35. The van der Waals surface area contributed by atoms with Crippen LogP contribution in [-0.2, 0) is 0 Å². The summed E-state index contributed by atoms with van der Waals surface area (Å²) in [4.78, 5) is 44.7. The Balaban J connectivity index is 0.000000268. The Hall–Kier alpha value is -8.17. The Bertz CT molecular complexity index is 3410. The first-order valence-corrected chi connectivity index (χ1v) is 29.0. The van der Waals surface area contributed by atoms with Crippen molar-refractivity contribution in [1.29, 1.82) is 0 Å². The highest BCUT2D eigenvalue weighted by molar-refractivity contribution is 6.32. The number of hydrogen-bond donors (Lipinski definition) is 2. The summed E-state index contributed by atoms with van der Waals surface area (Å²) in [5.41, 5.74) is 14.5. The lowest BCUT2D eigenvalue weighted by Crippen LogP contribution is -2.00. The highest BCUT2D eigenvalue weighted by Gasteiger charge is 2.16. The minimum absolute atomic E-state index is 0.0152. The van der Waals surface area contributed by atoms with Crippen molar-refractivity contribution in [1.82, 2.24) is 41.2 Å². The zero-order chi connectivity index (χ0) is 63.8. The van der Waals surface area contributed by atoms with Crippen molar-refractivity contribution in [2.24, 2.45) is 0 Å². The Morgan fingerprint density at radius 2 is 0.824 bits per heavy atom. The molecule has 0 amide bonds. The summed E-state index contributed by atoms with van der Waals surface area (Å²) in [6, 6.07) is 35.1. The number of nitrogens with one attached hydrogen (secondary N) is 2. The van der Waals surface area contributed by atoms with Crippen molar-refractivity contribution in [2.75, 3.05) is 21.3 Å². The summed E-state index contributed by atoms with van der Waals surface area (Å²) in [6.45, 7) is 35.9. The summed E-state index contributed by atoms with van der Waals surface area (Å²) in [5, 5.41) is 28.1. The van der Waals surface area contributed by atoms with Gasteiger partial charge >= 0.3 is 0 Å². The van der Waals surface area contributed by atoms with E-state index in [0.29, 0.717) is 57.6 Å². The molecular formula is C69H89ClN8O7. The normalized spacial score (nSPS) is 10.6. The zero-order valence-electron chi connectivity index (χ0n) is 53.8. The van der Waals surface area contributed by atoms with Gasteiger partial charge in [0.15, 0.2) is 23.1 Å². The van der Waals surface area contributed by atoms with Gasteiger partial charge in [0.2, 0.25) is 11.6 Å². The van der Waals surface area contributed by atoms with Gasteiger partial charge in [0.25, 0.3) is 0 Å². The summed E-state index contributed by atoms with van der Waals surface area (Å²) in [6.07, 6.45) is 0. The van der Waals surface area contributed by atoms with Crippen LogP contribution in [0.3, 0.4) is 0 Å². The molecule has 0 fully saturated rings. The molecular weight excluding hydrogens is 1090 g/mol. The van der Waals surface area contributed by atoms with Crippen molar-refractivity contribution < 1.29 is 33.4 Å². The monoisotopic (exact) mass is 1180 g/mol. The lowest BCUT2D eigenvalue weighted by atomic mass is 9.95. The molecule has 0 bridgehead atoms. The van der Waals surface area contributed by atoms with Gasteiger partial charge in [-0.2, -0.15) is 10.4 Å². The van der Waals surface area contributed by atoms with Crippen LogP contribution in [0.2, 0.25) is 5.02 Å². The Morgan fingerprint density at radius 3 is 1.25 bits per heavy atom. The second-order valence-electron chi connectivity index (χ2n) is 22.4. The number of tetrazole rings is 2. The van der Waals surface area contributed by atoms with Gasteiger partial charge in [-0.1, -0.05) is 155 Å². The van der Waals surface area contributed by atoms with E-state index in [1.807, 2.05) is 92.7 Å². The maximum absolute atomic E-state index is 11.3. The van der Waals surface area contributed by atoms with Gasteiger partial charge in [-0.3, -0.25) is 19.2 Å². The second-order valence-corrected chi connectivity index (χ2v) is 22.8. The number of carbonyl (C=O) groups is 4. The molecule has 0 saturated heterocycles. The molecule has 0 aliphatic carbocycles. The second kappa shape index (κ2) is 34.6. The summed E-state index contributed by atoms with van der Waals surface area (Å²) in [7, 11) is 4.90. The molecule has 85 heavy (non-hydrogen) atoms. The van der Waals surface area contributed by atoms with Crippen LogP contribution in [0.1, 0.15) is 232 Å². The van der Waals surface area contributed by atoms with E-state index in [9.17, 15) is 19.2 Å². The predicted molar refractivity (Wildman–Crippen MR) is 344 cm³/mol. The number of methoxy groups -OCH3 is 3. The van der Waals surface area contributed by atoms with Crippen LogP contribution in [0.25, 0.3) is 22.8 Å². The lowest BCUT2D eigenvalue weighted by molar-refractivity contribution is 0.100. The van der Waals surface area contributed by atoms with Gasteiger partial charge in [-0.15, -0.1) is 20.4 Å². The Labute approximate surface area is 509 Å². The number of nitrogens with zero attached hydrogens (tertiary/aromatic N) is 6. The number of aromatic nitrogens is 8. The summed E-state index contributed by atoms with van der Waals surface area (Å²) < 4.78 is 15.8. The van der Waals surface area contributed by atoms with E-state index in [4.69, 9.17) is 25.8 Å². The molecule has 0 spiro atoms. The van der Waals surface area contributed by atoms with Crippen LogP contribution in [0, 0.1) is 13.8 Å². The Kier molecular flexibility index (Phi) is 28.9. The van der Waals surface area contributed by atoms with Crippen LogP contribution in [0.4, 0.5) is 0 Å². The van der Waals surface area contributed by atoms with Gasteiger partial charge in [-0.25, -0.2) is 0 Å². The molecule has 8 rings (SSSR count). The average molecular weight is 1180 g/mol. The van der Waals surface area contributed by atoms with Gasteiger partial charge < -0.3 is 14.2 Å². The largest absolute Gasteiger partial charge is 0.496 e. The smallest absolute Gasteiger partial charge is 0.204 e. The van der Waals surface area contributed by atoms with E-state index in [2.05, 4.69) is 143 Å². The molecule has 6 aromatic carbocycles. The molecule has 16 heteroatoms. The van der Waals surface area contributed by atoms with Crippen molar-refractivity contribution >= 4 is 34.7 Å². The van der Waals surface area contributed by atoms with Crippen LogP contribution in [-0.4, -0.2) is 85.7 Å². The van der Waals surface area contributed by atoms with Gasteiger partial charge in [0.05, 0.1) is 26.4 Å². The standard InChI is InChI=1S/C12H15ClO2.C12H16O2.2C12H16O.C11H14N4O.C10H12N4/c1-7(2)10-5-9(8(3)14)6-11(13)12(10)15-4;1-8(2)11-7-10(9(3)13)5-6-12(11)14-4;1-8(2)12-6-5-11(10(4)13)7-9(12)3;1-8(2)12-7-11(10(4)13)6-5-9(12)3;1-7(2)9-5-4-8(6-10(9)16-3)11-12-14-15-13-11;1-7(2)8-3-5-9(6-4-8)10-11-13-14-12-10/h5-7H,1-4H3;5-8H,1-4H3;2*5-8H,1-4H3;4-7H,1-3H3,(H,12,13,14,15);3-7H,1-2H3,(H,11,12,13,14). The van der Waals surface area contributed by atoms with E-state index in [-0.39, 0.29) is 29.1 Å². The topological polar surface area (TPSA) is 205 Å². The molecule has 0 atom stereocenters. The Morgan fingerprint density at radius 1 is 0.400 bits per heavy atom. The fourth-order valence-electron chi connectivity index (χ4n) is 8.80. The molecule has 0 saturated carbocycles. The van der Waals surface area contributed by atoms with Gasteiger partial charge in [0, 0.05) is 33.4 Å². The van der Waals surface area contributed by atoms with Crippen LogP contribution in [0.5, 0.6) is 17.2 Å². The van der Waals surface area contributed by atoms with Crippen molar-refractivity contribution in [3.8, 4) is 40.0 Å². The fourth-order valence-corrected chi connectivity index (χ4v) is 9.11. The number of carbonyl (C=O) groups excluding carboxylic acids is 4. The minimum Gasteiger partial charge on any atom is -0.496 e. The summed E-state index contributed by atoms with van der Waals surface area (Å²) >= 11 is 6.05. The first kappa shape index (κ1) is 71.1. The van der Waals surface area contributed by atoms with Gasteiger partial charge in [-0.05, 0) is 181 Å². The molecule has 0 aliphatic heterocycles. The van der Waals surface area contributed by atoms with E-state index < -0.39 is 0 Å². The van der Waals surface area contributed by atoms with Crippen LogP contribution in [0.15, 0.2) is 109 Å². The number of aryl methyl sites for hydroxylation is 2. The van der Waals surface area contributed by atoms with Crippen LogP contribution >= 0.6 is 11.6 Å². The van der Waals surface area contributed by atoms with Gasteiger partial charge in [0.1, 0.15) is 17.2 Å². The number of Topliss-reactive ketones (excluding diaryl/α,β-unsaturated/α-hetero) is 4. The lowest BCUT2D eigenvalue weighted by Gasteiger charge is -2.14. The van der Waals surface area contributed by atoms with Crippen molar-refractivity contribution in [3.63, 3.8) is 0 Å². The maximum atomic E-state index is 11.3. The number of halogens is 1. The number of H-pyrrole nitrogens is 2. The fraction of sp³-hybridized carbons (Fsp3) is 0.391. The van der Waals surface area contributed by atoms with Crippen LogP contribution < -0.4 is 14.2 Å². The third kappa shape index (κ3) is 21.8. The van der Waals surface area contributed by atoms with E-state index in [1.165, 1.54) is 40.3 Å². The molecule has 454 valence electrons. The molecule has 2 N–H and O–H groups in total. The minimum atomic E-state index is 0.0152. The number of ether oxygens (including phenoxy) is 3. The molecule has 0 unspecified atom stereocenters. The predicted octanol–water partition coefficient (Wildman–Crippen LogP) is 17.3. The average Bonchev–Trinajstić information content (AvgIpc) is 4.37. The zero-order valence-corrected chi connectivity index (χ0v) is 54.5. The number of rotatable bonds is 15. The molecule has 0 radical (unpaired) electrons. The van der Waals surface area contributed by atoms with E-state index >= 15 is 0 Å². The SMILES string of the molecule is CC(=O)c1ccc(C(C)C)c(C)c1.CC(=O)c1ccc(C)c(C(C)C)c1.CC(C)c1ccc(-c2nn[nH]n2)cc1.COc1c(Cl)cc(C(C)=O)cc1C(C)C.COc1cc(-c2nn[nH]n2)ccc1C(C)C.COc1ccc(C(C)=O)cc1C(C)C. The first-order chi connectivity index (χ1) is 40.1.